The molecule has 0 N–H and O–H groups in total. The van der Waals surface area contributed by atoms with E-state index in [2.05, 4.69) is 4.74 Å². The van der Waals surface area contributed by atoms with Gasteiger partial charge in [-0.3, -0.25) is 4.79 Å². The molecule has 0 radical (unpaired) electrons. The summed E-state index contributed by atoms with van der Waals surface area (Å²) in [7, 11) is 0. The second-order valence-corrected chi connectivity index (χ2v) is 4.28. The summed E-state index contributed by atoms with van der Waals surface area (Å²) in [5.41, 5.74) is -0.162. The average Bonchev–Trinajstić information content (AvgIpc) is 2.52. The Hall–Kier alpha value is -2.76. The highest BCUT2D eigenvalue weighted by molar-refractivity contribution is 5.98. The number of carbonyl (C=O) groups excluding carboxylic acids is 2. The lowest BCUT2D eigenvalue weighted by Crippen LogP contribution is -2.20. The summed E-state index contributed by atoms with van der Waals surface area (Å²) in [5, 5.41) is 0. The lowest BCUT2D eigenvalue weighted by atomic mass is 10.1. The third-order valence-electron chi connectivity index (χ3n) is 2.72. The van der Waals surface area contributed by atoms with Crippen LogP contribution >= 0.6 is 0 Å². The number of ether oxygens (including phenoxy) is 2. The summed E-state index contributed by atoms with van der Waals surface area (Å²) < 4.78 is 36.2. The van der Waals surface area contributed by atoms with Gasteiger partial charge in [-0.25, -0.2) is 13.6 Å². The van der Waals surface area contributed by atoms with E-state index < -0.39 is 36.6 Å². The van der Waals surface area contributed by atoms with Gasteiger partial charge in [0.1, 0.15) is 5.82 Å². The number of rotatable bonds is 6. The Kier molecular flexibility index (Phi) is 5.19. The molecule has 0 atom stereocenters. The molecule has 0 saturated heterocycles. The van der Waals surface area contributed by atoms with E-state index in [0.717, 1.165) is 6.07 Å². The molecule has 114 valence electrons. The molecular weight excluding hydrogens is 294 g/mol. The molecular formula is C16H12F2O4. The molecule has 0 saturated carbocycles. The van der Waals surface area contributed by atoms with E-state index in [1.165, 1.54) is 36.4 Å². The minimum atomic E-state index is -0.854. The number of ketones is 1. The van der Waals surface area contributed by atoms with E-state index in [4.69, 9.17) is 4.74 Å². The number of hydrogen-bond acceptors (Lipinski definition) is 4. The van der Waals surface area contributed by atoms with Crippen molar-refractivity contribution in [3.8, 4) is 5.75 Å². The van der Waals surface area contributed by atoms with Crippen LogP contribution < -0.4 is 4.74 Å². The standard InChI is InChI=1S/C16H12F2O4/c17-12-6-2-1-5-11(12)14(19)9-22-16(20)10-21-15-8-4-3-7-13(15)18/h1-8H,9-10H2. The van der Waals surface area contributed by atoms with Crippen molar-refractivity contribution in [2.24, 2.45) is 0 Å². The number of carbonyl (C=O) groups is 2. The number of hydrogen-bond donors (Lipinski definition) is 0. The van der Waals surface area contributed by atoms with Crippen molar-refractivity contribution in [3.63, 3.8) is 0 Å². The molecule has 0 aliphatic heterocycles. The van der Waals surface area contributed by atoms with E-state index in [9.17, 15) is 18.4 Å². The number of benzene rings is 2. The Morgan fingerprint density at radius 3 is 2.18 bits per heavy atom. The van der Waals surface area contributed by atoms with Crippen molar-refractivity contribution in [1.29, 1.82) is 0 Å². The van der Waals surface area contributed by atoms with Gasteiger partial charge in [-0.1, -0.05) is 24.3 Å². The summed E-state index contributed by atoms with van der Waals surface area (Å²) in [5.74, 6) is -2.92. The van der Waals surface area contributed by atoms with Crippen LogP contribution in [0.25, 0.3) is 0 Å². The zero-order valence-electron chi connectivity index (χ0n) is 11.4. The molecule has 2 aromatic carbocycles. The smallest absolute Gasteiger partial charge is 0.344 e. The molecule has 0 spiro atoms. The van der Waals surface area contributed by atoms with E-state index in [1.807, 2.05) is 0 Å². The van der Waals surface area contributed by atoms with E-state index in [0.29, 0.717) is 0 Å². The second-order valence-electron chi connectivity index (χ2n) is 4.28. The lowest BCUT2D eigenvalue weighted by molar-refractivity contribution is -0.144. The number of para-hydroxylation sites is 1. The predicted molar refractivity (Wildman–Crippen MR) is 73.6 cm³/mol. The molecule has 0 amide bonds. The van der Waals surface area contributed by atoms with Gasteiger partial charge in [0, 0.05) is 0 Å². The van der Waals surface area contributed by atoms with Gasteiger partial charge in [0.15, 0.2) is 24.8 Å². The van der Waals surface area contributed by atoms with Crippen LogP contribution in [0, 0.1) is 11.6 Å². The molecule has 0 fully saturated rings. The van der Waals surface area contributed by atoms with Crippen molar-refractivity contribution in [3.05, 3.63) is 65.7 Å². The lowest BCUT2D eigenvalue weighted by Gasteiger charge is -2.07. The summed E-state index contributed by atoms with van der Waals surface area (Å²) in [6.45, 7) is -1.16. The number of halogens is 2. The largest absolute Gasteiger partial charge is 0.479 e. The van der Waals surface area contributed by atoms with Gasteiger partial charge in [0.05, 0.1) is 5.56 Å². The maximum atomic E-state index is 13.4. The first-order chi connectivity index (χ1) is 10.6. The van der Waals surface area contributed by atoms with Gasteiger partial charge in [-0.15, -0.1) is 0 Å². The van der Waals surface area contributed by atoms with Crippen LogP contribution in [0.5, 0.6) is 5.75 Å². The molecule has 4 nitrogen and oxygen atoms in total. The summed E-state index contributed by atoms with van der Waals surface area (Å²) in [4.78, 5) is 23.1. The third-order valence-corrected chi connectivity index (χ3v) is 2.72. The molecule has 0 bridgehead atoms. The van der Waals surface area contributed by atoms with Gasteiger partial charge in [0.25, 0.3) is 0 Å². The van der Waals surface area contributed by atoms with Gasteiger partial charge < -0.3 is 9.47 Å². The third kappa shape index (κ3) is 4.12. The first-order valence-electron chi connectivity index (χ1n) is 6.38. The maximum Gasteiger partial charge on any atom is 0.344 e. The molecule has 0 aliphatic carbocycles. The van der Waals surface area contributed by atoms with Crippen LogP contribution in [0.3, 0.4) is 0 Å². The molecule has 0 unspecified atom stereocenters. The van der Waals surface area contributed by atoms with E-state index in [1.54, 1.807) is 6.07 Å². The monoisotopic (exact) mass is 306 g/mol. The van der Waals surface area contributed by atoms with E-state index in [-0.39, 0.29) is 11.3 Å². The topological polar surface area (TPSA) is 52.6 Å². The van der Waals surface area contributed by atoms with Crippen molar-refractivity contribution >= 4 is 11.8 Å². The Morgan fingerprint density at radius 1 is 0.864 bits per heavy atom. The molecule has 0 aromatic heterocycles. The summed E-state index contributed by atoms with van der Waals surface area (Å²) >= 11 is 0. The van der Waals surface area contributed by atoms with Crippen LogP contribution in [0.15, 0.2) is 48.5 Å². The fraction of sp³-hybridized carbons (Fsp3) is 0.125. The minimum Gasteiger partial charge on any atom is -0.479 e. The number of Topliss-reactive ketones (excluding diaryl/α,β-unsaturated/α-hetero) is 1. The average molecular weight is 306 g/mol. The quantitative estimate of drug-likeness (QED) is 0.608. The first-order valence-corrected chi connectivity index (χ1v) is 6.38. The zero-order valence-corrected chi connectivity index (χ0v) is 11.4. The normalized spacial score (nSPS) is 10.1. The SMILES string of the molecule is O=C(COc1ccccc1F)OCC(=O)c1ccccc1F. The minimum absolute atomic E-state index is 0.0973. The highest BCUT2D eigenvalue weighted by Crippen LogP contribution is 2.15. The van der Waals surface area contributed by atoms with Gasteiger partial charge >= 0.3 is 5.97 Å². The molecule has 2 aromatic rings. The van der Waals surface area contributed by atoms with E-state index >= 15 is 0 Å². The molecule has 6 heteroatoms. The summed E-state index contributed by atoms with van der Waals surface area (Å²) in [6, 6.07) is 10.9. The predicted octanol–water partition coefficient (Wildman–Crippen LogP) is 2.77. The van der Waals surface area contributed by atoms with Gasteiger partial charge in [0.2, 0.25) is 5.78 Å². The number of esters is 1. The molecule has 2 rings (SSSR count). The van der Waals surface area contributed by atoms with Crippen molar-refractivity contribution in [2.45, 2.75) is 0 Å². The van der Waals surface area contributed by atoms with Crippen LogP contribution in [0.2, 0.25) is 0 Å². The Bertz CT molecular complexity index is 685. The van der Waals surface area contributed by atoms with Crippen molar-refractivity contribution in [1.82, 2.24) is 0 Å². The second kappa shape index (κ2) is 7.31. The zero-order chi connectivity index (χ0) is 15.9. The highest BCUT2D eigenvalue weighted by atomic mass is 19.1. The summed E-state index contributed by atoms with van der Waals surface area (Å²) in [6.07, 6.45) is 0. The maximum absolute atomic E-state index is 13.4. The van der Waals surface area contributed by atoms with Crippen molar-refractivity contribution in [2.75, 3.05) is 13.2 Å². The first kappa shape index (κ1) is 15.6. The van der Waals surface area contributed by atoms with Crippen molar-refractivity contribution < 1.29 is 27.8 Å². The molecule has 0 aliphatic rings. The highest BCUT2D eigenvalue weighted by Gasteiger charge is 2.14. The van der Waals surface area contributed by atoms with Gasteiger partial charge in [-0.05, 0) is 24.3 Å². The Morgan fingerprint density at radius 2 is 1.50 bits per heavy atom. The van der Waals surface area contributed by atoms with Crippen LogP contribution in [-0.2, 0) is 9.53 Å². The van der Waals surface area contributed by atoms with Crippen LogP contribution in [0.1, 0.15) is 10.4 Å². The fourth-order valence-corrected chi connectivity index (χ4v) is 1.65. The Balaban J connectivity index is 1.82. The van der Waals surface area contributed by atoms with Gasteiger partial charge in [-0.2, -0.15) is 0 Å². The molecule has 0 heterocycles. The van der Waals surface area contributed by atoms with Crippen LogP contribution in [0.4, 0.5) is 8.78 Å². The Labute approximate surface area is 125 Å². The fourth-order valence-electron chi connectivity index (χ4n) is 1.65. The van der Waals surface area contributed by atoms with Crippen LogP contribution in [-0.4, -0.2) is 25.0 Å². The molecule has 22 heavy (non-hydrogen) atoms.